The number of nitrogens with zero attached hydrogens (tertiary/aromatic N) is 3. The zero-order valence-corrected chi connectivity index (χ0v) is 24.4. The lowest BCUT2D eigenvalue weighted by molar-refractivity contribution is -0.137. The lowest BCUT2D eigenvalue weighted by atomic mass is 9.93. The molecule has 0 aliphatic rings. The van der Waals surface area contributed by atoms with E-state index in [1.807, 2.05) is 6.92 Å². The van der Waals surface area contributed by atoms with Gasteiger partial charge in [-0.15, -0.1) is 0 Å². The molecule has 0 bridgehead atoms. The van der Waals surface area contributed by atoms with Gasteiger partial charge >= 0.3 is 0 Å². The number of likely N-dealkylation sites (N-methyl/N-ethyl adjacent to an activating group) is 1. The molecule has 2 aromatic heterocycles. The van der Waals surface area contributed by atoms with Gasteiger partial charge in [0.05, 0.1) is 0 Å². The molecule has 13 nitrogen and oxygen atoms in total. The maximum Gasteiger partial charge on any atom is 0.287 e. The van der Waals surface area contributed by atoms with Gasteiger partial charge in [-0.1, -0.05) is 33.1 Å². The first-order valence-corrected chi connectivity index (χ1v) is 13.8. The third kappa shape index (κ3) is 10.00. The van der Waals surface area contributed by atoms with Crippen LogP contribution in [0.3, 0.4) is 0 Å². The van der Waals surface area contributed by atoms with E-state index >= 15 is 0 Å². The highest BCUT2D eigenvalue weighted by atomic mass is 16.2. The lowest BCUT2D eigenvalue weighted by Gasteiger charge is -2.21. The van der Waals surface area contributed by atoms with E-state index < -0.39 is 35.1 Å². The molecule has 4 N–H and O–H groups in total. The van der Waals surface area contributed by atoms with Gasteiger partial charge in [0.15, 0.2) is 0 Å². The highest BCUT2D eigenvalue weighted by Crippen LogP contribution is 2.17. The first kappa shape index (κ1) is 32.9. The maximum atomic E-state index is 13.2. The Morgan fingerprint density at radius 3 is 2.39 bits per heavy atom. The molecule has 2 rings (SSSR count). The maximum absolute atomic E-state index is 13.2. The normalized spacial score (nSPS) is 13.0. The Balaban J connectivity index is 2.14. The van der Waals surface area contributed by atoms with Crippen molar-refractivity contribution in [3.63, 3.8) is 0 Å². The Labute approximate surface area is 239 Å². The number of aromatic nitrogens is 3. The molecular formula is C28H41N7O6. The zero-order valence-electron chi connectivity index (χ0n) is 24.4. The molecule has 13 heteroatoms. The number of carbonyl (C=O) groups excluding carboxylic acids is 5. The smallest absolute Gasteiger partial charge is 0.287 e. The van der Waals surface area contributed by atoms with Crippen LogP contribution in [-0.2, 0) is 32.8 Å². The Kier molecular flexibility index (Phi) is 12.9. The van der Waals surface area contributed by atoms with Crippen molar-refractivity contribution in [2.75, 3.05) is 12.4 Å². The molecular weight excluding hydrogens is 530 g/mol. The number of aryl methyl sites for hydroxylation is 1. The van der Waals surface area contributed by atoms with Gasteiger partial charge < -0.3 is 25.8 Å². The van der Waals surface area contributed by atoms with Crippen molar-refractivity contribution in [3.05, 3.63) is 46.6 Å². The van der Waals surface area contributed by atoms with Crippen LogP contribution in [0.2, 0.25) is 0 Å². The molecule has 0 fully saturated rings. The van der Waals surface area contributed by atoms with Crippen LogP contribution in [0, 0.1) is 5.92 Å². The van der Waals surface area contributed by atoms with Crippen molar-refractivity contribution in [2.45, 2.75) is 77.9 Å². The second-order valence-corrected chi connectivity index (χ2v) is 10.0. The molecule has 0 saturated heterocycles. The van der Waals surface area contributed by atoms with Gasteiger partial charge in [-0.05, 0) is 43.9 Å². The molecule has 2 unspecified atom stereocenters. The molecule has 0 aromatic carbocycles. The SMILES string of the molecule is CCCC(CC)CC(C)NC(=O)Cn1cccc(NC(=O)[C@H](CCC(=O)C(=O)NC)NC(=O)c2ccnn2C)c1=O. The van der Waals surface area contributed by atoms with Crippen molar-refractivity contribution in [2.24, 2.45) is 13.0 Å². The Morgan fingerprint density at radius 2 is 1.78 bits per heavy atom. The number of Topliss-reactive ketones (excluding diaryl/α,β-unsaturated/α-hetero) is 1. The summed E-state index contributed by atoms with van der Waals surface area (Å²) in [6.07, 6.45) is 6.37. The quantitative estimate of drug-likeness (QED) is 0.219. The predicted molar refractivity (Wildman–Crippen MR) is 153 cm³/mol. The summed E-state index contributed by atoms with van der Waals surface area (Å²) in [6, 6.07) is 3.04. The van der Waals surface area contributed by atoms with Gasteiger partial charge in [-0.3, -0.25) is 33.4 Å². The van der Waals surface area contributed by atoms with Crippen LogP contribution in [0.25, 0.3) is 0 Å². The summed E-state index contributed by atoms with van der Waals surface area (Å²) in [5.74, 6) is -2.80. The number of nitrogens with one attached hydrogen (secondary N) is 4. The van der Waals surface area contributed by atoms with Gasteiger partial charge in [-0.2, -0.15) is 5.10 Å². The molecule has 41 heavy (non-hydrogen) atoms. The second kappa shape index (κ2) is 16.1. The number of hydrogen-bond donors (Lipinski definition) is 4. The van der Waals surface area contributed by atoms with Gasteiger partial charge in [0.25, 0.3) is 17.4 Å². The van der Waals surface area contributed by atoms with Gasteiger partial charge in [-0.25, -0.2) is 0 Å². The van der Waals surface area contributed by atoms with E-state index in [0.29, 0.717) is 5.92 Å². The van der Waals surface area contributed by atoms with Gasteiger partial charge in [0.1, 0.15) is 24.0 Å². The number of ketones is 1. The highest BCUT2D eigenvalue weighted by Gasteiger charge is 2.26. The van der Waals surface area contributed by atoms with Crippen molar-refractivity contribution in [1.29, 1.82) is 0 Å². The molecule has 2 aromatic rings. The Bertz CT molecular complexity index is 1280. The first-order valence-electron chi connectivity index (χ1n) is 13.8. The van der Waals surface area contributed by atoms with Crippen LogP contribution in [0.1, 0.15) is 69.8 Å². The van der Waals surface area contributed by atoms with E-state index in [2.05, 4.69) is 40.2 Å². The minimum absolute atomic E-state index is 0.0566. The summed E-state index contributed by atoms with van der Waals surface area (Å²) in [4.78, 5) is 75.4. The molecule has 0 aliphatic carbocycles. The monoisotopic (exact) mass is 571 g/mol. The average Bonchev–Trinajstić information content (AvgIpc) is 3.37. The van der Waals surface area contributed by atoms with E-state index in [0.717, 1.165) is 25.7 Å². The van der Waals surface area contributed by atoms with Crippen LogP contribution < -0.4 is 26.8 Å². The number of pyridine rings is 1. The van der Waals surface area contributed by atoms with Crippen molar-refractivity contribution in [1.82, 2.24) is 30.3 Å². The van der Waals surface area contributed by atoms with Crippen LogP contribution in [-0.4, -0.2) is 62.9 Å². The van der Waals surface area contributed by atoms with Crippen molar-refractivity contribution < 1.29 is 24.0 Å². The Morgan fingerprint density at radius 1 is 1.05 bits per heavy atom. The van der Waals surface area contributed by atoms with Crippen molar-refractivity contribution in [3.8, 4) is 0 Å². The minimum Gasteiger partial charge on any atom is -0.353 e. The molecule has 2 heterocycles. The zero-order chi connectivity index (χ0) is 30.5. The third-order valence-corrected chi connectivity index (χ3v) is 6.78. The fraction of sp³-hybridized carbons (Fsp3) is 0.536. The topological polar surface area (TPSA) is 173 Å². The van der Waals surface area contributed by atoms with E-state index in [1.165, 1.54) is 46.9 Å². The highest BCUT2D eigenvalue weighted by molar-refractivity contribution is 6.36. The summed E-state index contributed by atoms with van der Waals surface area (Å²) >= 11 is 0. The number of amides is 4. The van der Waals surface area contributed by atoms with Crippen molar-refractivity contribution >= 4 is 35.1 Å². The molecule has 3 atom stereocenters. The van der Waals surface area contributed by atoms with Crippen LogP contribution in [0.5, 0.6) is 0 Å². The molecule has 0 saturated carbocycles. The molecule has 0 aliphatic heterocycles. The summed E-state index contributed by atoms with van der Waals surface area (Å²) in [7, 11) is 2.86. The standard InChI is InChI=1S/C28H41N7O6/c1-6-9-19(7-2)16-18(3)31-24(37)17-35-15-8-10-21(28(35)41)33-25(38)20(11-12-23(36)27(40)29-4)32-26(39)22-13-14-30-34(22)5/h8,10,13-15,18-20H,6-7,9,11-12,16-17H2,1-5H3,(H,29,40)(H,31,37)(H,32,39)(H,33,38)/t18?,19?,20-/m0/s1. The molecule has 0 spiro atoms. The summed E-state index contributed by atoms with van der Waals surface area (Å²) in [6.45, 7) is 5.96. The first-order chi connectivity index (χ1) is 19.5. The van der Waals surface area contributed by atoms with Gasteiger partial charge in [0, 0.05) is 39.0 Å². The van der Waals surface area contributed by atoms with Gasteiger partial charge in [0.2, 0.25) is 17.6 Å². The summed E-state index contributed by atoms with van der Waals surface area (Å²) < 4.78 is 2.49. The largest absolute Gasteiger partial charge is 0.353 e. The molecule has 224 valence electrons. The third-order valence-electron chi connectivity index (χ3n) is 6.78. The second-order valence-electron chi connectivity index (χ2n) is 10.0. The van der Waals surface area contributed by atoms with E-state index in [9.17, 15) is 28.8 Å². The molecule has 4 amide bonds. The van der Waals surface area contributed by atoms with E-state index in [4.69, 9.17) is 0 Å². The predicted octanol–water partition coefficient (Wildman–Crippen LogP) is 1.14. The average molecular weight is 572 g/mol. The summed E-state index contributed by atoms with van der Waals surface area (Å²) in [5, 5.41) is 14.1. The van der Waals surface area contributed by atoms with Crippen LogP contribution in [0.4, 0.5) is 5.69 Å². The fourth-order valence-corrected chi connectivity index (χ4v) is 4.53. The number of carbonyl (C=O) groups is 5. The summed E-state index contributed by atoms with van der Waals surface area (Å²) in [5.41, 5.74) is -0.549. The van der Waals surface area contributed by atoms with E-state index in [1.54, 1.807) is 7.05 Å². The van der Waals surface area contributed by atoms with Crippen LogP contribution in [0.15, 0.2) is 35.4 Å². The van der Waals surface area contributed by atoms with Crippen LogP contribution >= 0.6 is 0 Å². The number of hydrogen-bond acceptors (Lipinski definition) is 7. The lowest BCUT2D eigenvalue weighted by Crippen LogP contribution is -2.46. The molecule has 0 radical (unpaired) electrons. The number of rotatable bonds is 16. The van der Waals surface area contributed by atoms with E-state index in [-0.39, 0.29) is 42.7 Å². The fourth-order valence-electron chi connectivity index (χ4n) is 4.53. The number of anilines is 1. The Hall–Kier alpha value is -4.29. The minimum atomic E-state index is -1.25.